The Labute approximate surface area is 99.7 Å². The Morgan fingerprint density at radius 1 is 1.25 bits per heavy atom. The number of nitrogens with zero attached hydrogens (tertiary/aromatic N) is 1. The number of rotatable bonds is 7. The molecule has 90 valence electrons. The van der Waals surface area contributed by atoms with Gasteiger partial charge in [-0.1, -0.05) is 13.0 Å². The van der Waals surface area contributed by atoms with Gasteiger partial charge in [0.2, 0.25) is 0 Å². The van der Waals surface area contributed by atoms with E-state index in [2.05, 4.69) is 18.0 Å². The smallest absolute Gasteiger partial charge is 0.322 e. The van der Waals surface area contributed by atoms with Gasteiger partial charge in [0, 0.05) is 31.0 Å². The van der Waals surface area contributed by atoms with Crippen LogP contribution in [0.4, 0.5) is 0 Å². The third kappa shape index (κ3) is 4.43. The molecule has 4 heteroatoms. The van der Waals surface area contributed by atoms with E-state index < -0.39 is 9.28 Å². The monoisotopic (exact) mass is 239 g/mol. The average molecular weight is 239 g/mol. The molecule has 1 unspecified atom stereocenters. The Morgan fingerprint density at radius 2 is 1.94 bits per heavy atom. The topological polar surface area (TPSA) is 31.4 Å². The minimum absolute atomic E-state index is 0.413. The molecule has 3 nitrogen and oxygen atoms in total. The van der Waals surface area contributed by atoms with E-state index in [-0.39, 0.29) is 0 Å². The molecular weight excluding hydrogens is 218 g/mol. The van der Waals surface area contributed by atoms with Gasteiger partial charge in [0.15, 0.2) is 0 Å². The predicted octanol–water partition coefficient (Wildman–Crippen LogP) is 2.48. The largest absolute Gasteiger partial charge is 0.397 e. The first kappa shape index (κ1) is 13.4. The van der Waals surface area contributed by atoms with E-state index in [0.717, 1.165) is 25.0 Å². The number of hydrogen-bond donors (Lipinski definition) is 0. The summed E-state index contributed by atoms with van der Waals surface area (Å²) in [7, 11) is -1.50. The van der Waals surface area contributed by atoms with Crippen LogP contribution in [-0.2, 0) is 8.85 Å². The second-order valence-electron chi connectivity index (χ2n) is 3.73. The van der Waals surface area contributed by atoms with Gasteiger partial charge in [0.1, 0.15) is 0 Å². The molecule has 0 aliphatic carbocycles. The van der Waals surface area contributed by atoms with Gasteiger partial charge in [0.05, 0.1) is 0 Å². The van der Waals surface area contributed by atoms with Gasteiger partial charge in [-0.15, -0.1) is 0 Å². The summed E-state index contributed by atoms with van der Waals surface area (Å²) in [6.45, 7) is 7.70. The highest BCUT2D eigenvalue weighted by molar-refractivity contribution is 6.44. The lowest BCUT2D eigenvalue weighted by Gasteiger charge is -2.18. The fraction of sp³-hybridized carbons (Fsp3) is 0.583. The summed E-state index contributed by atoms with van der Waals surface area (Å²) in [6.07, 6.45) is 1.84. The summed E-state index contributed by atoms with van der Waals surface area (Å²) in [5.74, 6) is 0.413. The molecule has 0 saturated heterocycles. The lowest BCUT2D eigenvalue weighted by Crippen LogP contribution is -2.24. The summed E-state index contributed by atoms with van der Waals surface area (Å²) >= 11 is 0. The van der Waals surface area contributed by atoms with Crippen molar-refractivity contribution in [2.45, 2.75) is 32.7 Å². The van der Waals surface area contributed by atoms with E-state index in [1.807, 2.05) is 32.2 Å². The second-order valence-corrected chi connectivity index (χ2v) is 5.73. The van der Waals surface area contributed by atoms with Crippen molar-refractivity contribution in [1.29, 1.82) is 0 Å². The van der Waals surface area contributed by atoms with Crippen LogP contribution < -0.4 is 0 Å². The first-order valence-corrected chi connectivity index (χ1v) is 7.68. The molecule has 16 heavy (non-hydrogen) atoms. The van der Waals surface area contributed by atoms with Crippen molar-refractivity contribution < 1.29 is 8.85 Å². The van der Waals surface area contributed by atoms with Crippen LogP contribution in [0.25, 0.3) is 0 Å². The van der Waals surface area contributed by atoms with Crippen LogP contribution in [0.1, 0.15) is 32.4 Å². The maximum Gasteiger partial charge on any atom is 0.322 e. The van der Waals surface area contributed by atoms with E-state index in [9.17, 15) is 0 Å². The maximum atomic E-state index is 5.66. The first-order valence-electron chi connectivity index (χ1n) is 5.92. The molecule has 0 fully saturated rings. The van der Waals surface area contributed by atoms with Crippen LogP contribution in [0, 0.1) is 0 Å². The highest BCUT2D eigenvalue weighted by atomic mass is 28.3. The lowest BCUT2D eigenvalue weighted by atomic mass is 10.1. The van der Waals surface area contributed by atoms with Crippen molar-refractivity contribution in [3.05, 3.63) is 30.1 Å². The minimum Gasteiger partial charge on any atom is -0.397 e. The Hall–Kier alpha value is -0.713. The molecule has 0 aliphatic rings. The normalized spacial score (nSPS) is 13.0. The van der Waals surface area contributed by atoms with Crippen LogP contribution >= 0.6 is 0 Å². The molecule has 1 heterocycles. The molecule has 0 bridgehead atoms. The van der Waals surface area contributed by atoms with Crippen LogP contribution in [0.2, 0.25) is 6.04 Å². The molecule has 1 aromatic heterocycles. The molecule has 0 aromatic carbocycles. The molecule has 0 radical (unpaired) electrons. The zero-order chi connectivity index (χ0) is 11.8. The summed E-state index contributed by atoms with van der Waals surface area (Å²) in [5, 5.41) is 0. The van der Waals surface area contributed by atoms with E-state index in [0.29, 0.717) is 5.92 Å². The van der Waals surface area contributed by atoms with Gasteiger partial charge in [-0.3, -0.25) is 4.98 Å². The molecule has 0 aliphatic heterocycles. The zero-order valence-corrected chi connectivity index (χ0v) is 11.5. The van der Waals surface area contributed by atoms with Crippen LogP contribution in [-0.4, -0.2) is 27.5 Å². The third-order valence-electron chi connectivity index (χ3n) is 2.44. The maximum absolute atomic E-state index is 5.66. The molecule has 1 rings (SSSR count). The fourth-order valence-electron chi connectivity index (χ4n) is 1.63. The summed E-state index contributed by atoms with van der Waals surface area (Å²) in [5.41, 5.74) is 1.12. The quantitative estimate of drug-likeness (QED) is 0.685. The third-order valence-corrected chi connectivity index (χ3v) is 4.95. The standard InChI is InChI=1S/C12H21NO2Si/c1-4-14-16(15-5-2)10-11(3)12-8-6-7-9-13-12/h6-9,11,16H,4-5,10H2,1-3H3. The molecular formula is C12H21NO2Si. The van der Waals surface area contributed by atoms with E-state index in [1.165, 1.54) is 0 Å². The van der Waals surface area contributed by atoms with Crippen molar-refractivity contribution in [3.8, 4) is 0 Å². The van der Waals surface area contributed by atoms with Gasteiger partial charge in [-0.25, -0.2) is 0 Å². The predicted molar refractivity (Wildman–Crippen MR) is 67.9 cm³/mol. The van der Waals surface area contributed by atoms with Gasteiger partial charge in [-0.2, -0.15) is 0 Å². The molecule has 0 spiro atoms. The van der Waals surface area contributed by atoms with Crippen molar-refractivity contribution >= 4 is 9.28 Å². The SMILES string of the molecule is CCO[SiH](CC(C)c1ccccn1)OCC. The average Bonchev–Trinajstić information content (AvgIpc) is 2.31. The summed E-state index contributed by atoms with van der Waals surface area (Å²) in [4.78, 5) is 4.36. The van der Waals surface area contributed by atoms with Crippen molar-refractivity contribution in [3.63, 3.8) is 0 Å². The van der Waals surface area contributed by atoms with Crippen molar-refractivity contribution in [2.75, 3.05) is 13.2 Å². The van der Waals surface area contributed by atoms with E-state index in [1.54, 1.807) is 0 Å². The zero-order valence-electron chi connectivity index (χ0n) is 10.3. The summed E-state index contributed by atoms with van der Waals surface area (Å²) < 4.78 is 11.3. The molecule has 0 saturated carbocycles. The highest BCUT2D eigenvalue weighted by Crippen LogP contribution is 2.19. The van der Waals surface area contributed by atoms with Gasteiger partial charge in [-0.05, 0) is 32.0 Å². The second kappa shape index (κ2) is 7.54. The minimum atomic E-state index is -1.50. The lowest BCUT2D eigenvalue weighted by molar-refractivity contribution is 0.211. The molecule has 0 N–H and O–H groups in total. The Bertz CT molecular complexity index is 276. The number of aromatic nitrogens is 1. The Kier molecular flexibility index (Phi) is 6.29. The number of pyridine rings is 1. The van der Waals surface area contributed by atoms with E-state index in [4.69, 9.17) is 8.85 Å². The van der Waals surface area contributed by atoms with Crippen LogP contribution in [0.5, 0.6) is 0 Å². The van der Waals surface area contributed by atoms with E-state index >= 15 is 0 Å². The first-order chi connectivity index (χ1) is 7.77. The molecule has 1 atom stereocenters. The molecule has 0 amide bonds. The fourth-order valence-corrected chi connectivity index (χ4v) is 3.56. The highest BCUT2D eigenvalue weighted by Gasteiger charge is 2.18. The Balaban J connectivity index is 2.50. The van der Waals surface area contributed by atoms with Crippen molar-refractivity contribution in [2.24, 2.45) is 0 Å². The summed E-state index contributed by atoms with van der Waals surface area (Å²) in [6, 6.07) is 7.01. The van der Waals surface area contributed by atoms with Gasteiger partial charge >= 0.3 is 9.28 Å². The van der Waals surface area contributed by atoms with Crippen LogP contribution in [0.3, 0.4) is 0 Å². The van der Waals surface area contributed by atoms with Crippen LogP contribution in [0.15, 0.2) is 24.4 Å². The number of hydrogen-bond acceptors (Lipinski definition) is 3. The van der Waals surface area contributed by atoms with Crippen molar-refractivity contribution in [1.82, 2.24) is 4.98 Å². The van der Waals surface area contributed by atoms with Gasteiger partial charge in [0.25, 0.3) is 0 Å². The Morgan fingerprint density at radius 3 is 2.44 bits per heavy atom. The molecule has 1 aromatic rings. The van der Waals surface area contributed by atoms with Gasteiger partial charge < -0.3 is 8.85 Å².